The second-order valence-corrected chi connectivity index (χ2v) is 6.20. The van der Waals surface area contributed by atoms with Crippen molar-refractivity contribution in [3.8, 4) is 0 Å². The fourth-order valence-electron chi connectivity index (χ4n) is 3.29. The second-order valence-electron chi connectivity index (χ2n) is 6.20. The molecule has 0 bridgehead atoms. The molecule has 0 radical (unpaired) electrons. The van der Waals surface area contributed by atoms with Crippen molar-refractivity contribution < 1.29 is 5.11 Å². The number of nitrogens with zero attached hydrogens (tertiary/aromatic N) is 3. The van der Waals surface area contributed by atoms with Crippen LogP contribution < -0.4 is 10.6 Å². The smallest absolute Gasteiger partial charge is 0.280 e. The predicted octanol–water partition coefficient (Wildman–Crippen LogP) is 1.44. The van der Waals surface area contributed by atoms with Gasteiger partial charge in [0.1, 0.15) is 5.82 Å². The molecule has 2 heterocycles. The van der Waals surface area contributed by atoms with Crippen LogP contribution in [0.15, 0.2) is 29.1 Å². The molecule has 112 valence electrons. The van der Waals surface area contributed by atoms with Gasteiger partial charge in [0.2, 0.25) is 0 Å². The molecule has 0 unspecified atom stereocenters. The first kappa shape index (κ1) is 14.1. The Hall–Kier alpha value is -1.88. The highest BCUT2D eigenvalue weighted by molar-refractivity contribution is 5.77. The Balaban J connectivity index is 2.24. The molecule has 0 saturated carbocycles. The minimum absolute atomic E-state index is 0.0614. The molecule has 1 N–H and O–H groups in total. The Morgan fingerprint density at radius 1 is 1.38 bits per heavy atom. The zero-order chi connectivity index (χ0) is 15.4. The van der Waals surface area contributed by atoms with E-state index in [0.29, 0.717) is 11.8 Å². The van der Waals surface area contributed by atoms with Crippen molar-refractivity contribution in [1.29, 1.82) is 0 Å². The number of aliphatic hydroxyl groups is 1. The lowest BCUT2D eigenvalue weighted by molar-refractivity contribution is 0.187. The summed E-state index contributed by atoms with van der Waals surface area (Å²) < 4.78 is 1.65. The number of aliphatic hydroxyl groups excluding tert-OH is 1. The van der Waals surface area contributed by atoms with Crippen molar-refractivity contribution in [3.63, 3.8) is 0 Å². The number of aryl methyl sites for hydroxylation is 1. The van der Waals surface area contributed by atoms with Gasteiger partial charge in [0.25, 0.3) is 5.56 Å². The molecule has 1 fully saturated rings. The average Bonchev–Trinajstić information content (AvgIpc) is 3.01. The summed E-state index contributed by atoms with van der Waals surface area (Å²) in [7, 11) is 0. The Morgan fingerprint density at radius 3 is 2.62 bits per heavy atom. The van der Waals surface area contributed by atoms with E-state index >= 15 is 0 Å². The van der Waals surface area contributed by atoms with E-state index in [2.05, 4.69) is 4.98 Å². The summed E-state index contributed by atoms with van der Waals surface area (Å²) in [6, 6.07) is 7.33. The van der Waals surface area contributed by atoms with E-state index < -0.39 is 6.10 Å². The van der Waals surface area contributed by atoms with Crippen LogP contribution in [-0.2, 0) is 6.42 Å². The van der Waals surface area contributed by atoms with E-state index in [1.54, 1.807) is 17.7 Å². The van der Waals surface area contributed by atoms with E-state index in [4.69, 9.17) is 0 Å². The van der Waals surface area contributed by atoms with Gasteiger partial charge in [-0.05, 0) is 32.9 Å². The molecule has 1 aromatic heterocycles. The summed E-state index contributed by atoms with van der Waals surface area (Å²) in [4.78, 5) is 17.5. The maximum Gasteiger partial charge on any atom is 0.280 e. The van der Waals surface area contributed by atoms with E-state index in [1.807, 2.05) is 44.0 Å². The topological polar surface area (TPSA) is 58.1 Å². The third kappa shape index (κ3) is 1.95. The fraction of sp³-hybridized carbons (Fsp3) is 0.500. The molecule has 21 heavy (non-hydrogen) atoms. The maximum absolute atomic E-state index is 12.8. The monoisotopic (exact) mass is 287 g/mol. The lowest BCUT2D eigenvalue weighted by Crippen LogP contribution is -2.37. The molecular formula is C16H21N3O2. The quantitative estimate of drug-likeness (QED) is 0.868. The fourth-order valence-corrected chi connectivity index (χ4v) is 3.29. The number of hydrogen-bond donors (Lipinski definition) is 1. The molecule has 2 aromatic rings. The minimum Gasteiger partial charge on any atom is -0.391 e. The Morgan fingerprint density at radius 2 is 2.05 bits per heavy atom. The van der Waals surface area contributed by atoms with Crippen LogP contribution in [-0.4, -0.2) is 32.5 Å². The molecule has 2 atom stereocenters. The summed E-state index contributed by atoms with van der Waals surface area (Å²) in [6.45, 7) is 7.81. The van der Waals surface area contributed by atoms with Crippen molar-refractivity contribution in [2.24, 2.45) is 0 Å². The number of para-hydroxylation sites is 1. The average molecular weight is 287 g/mol. The lowest BCUT2D eigenvalue weighted by atomic mass is 10.1. The maximum atomic E-state index is 12.8. The van der Waals surface area contributed by atoms with Gasteiger partial charge in [-0.2, -0.15) is 0 Å². The van der Waals surface area contributed by atoms with Gasteiger partial charge in [0.15, 0.2) is 0 Å². The summed E-state index contributed by atoms with van der Waals surface area (Å²) >= 11 is 0. The Labute approximate surface area is 123 Å². The highest BCUT2D eigenvalue weighted by Crippen LogP contribution is 2.40. The van der Waals surface area contributed by atoms with Crippen molar-refractivity contribution >= 4 is 10.9 Å². The first-order valence-electron chi connectivity index (χ1n) is 7.38. The van der Waals surface area contributed by atoms with Crippen molar-refractivity contribution in [2.75, 3.05) is 5.01 Å². The molecule has 1 aliphatic heterocycles. The first-order chi connectivity index (χ1) is 9.89. The number of fused-ring (bicyclic) bond motifs is 1. The predicted molar refractivity (Wildman–Crippen MR) is 83.1 cm³/mol. The molecule has 1 aliphatic rings. The van der Waals surface area contributed by atoms with Gasteiger partial charge < -0.3 is 5.11 Å². The second kappa shape index (κ2) is 4.56. The van der Waals surface area contributed by atoms with Gasteiger partial charge in [-0.1, -0.05) is 19.1 Å². The van der Waals surface area contributed by atoms with Crippen LogP contribution in [0, 0.1) is 0 Å². The van der Waals surface area contributed by atoms with Gasteiger partial charge in [-0.3, -0.25) is 9.80 Å². The minimum atomic E-state index is -0.497. The molecule has 0 aliphatic carbocycles. The third-order valence-corrected chi connectivity index (χ3v) is 4.32. The number of aromatic nitrogens is 2. The highest BCUT2D eigenvalue weighted by Gasteiger charge is 2.59. The van der Waals surface area contributed by atoms with Crippen LogP contribution in [0.2, 0.25) is 0 Å². The Kier molecular flexibility index (Phi) is 3.06. The molecule has 0 spiro atoms. The van der Waals surface area contributed by atoms with Crippen LogP contribution in [0.3, 0.4) is 0 Å². The lowest BCUT2D eigenvalue weighted by Gasteiger charge is -2.17. The number of hydrogen-bond acceptors (Lipinski definition) is 4. The molecule has 5 heteroatoms. The molecule has 0 amide bonds. The zero-order valence-corrected chi connectivity index (χ0v) is 12.9. The normalized spacial score (nSPS) is 21.6. The Bertz CT molecular complexity index is 749. The first-order valence-corrected chi connectivity index (χ1v) is 7.38. The van der Waals surface area contributed by atoms with Crippen molar-refractivity contribution in [2.45, 2.75) is 51.8 Å². The summed E-state index contributed by atoms with van der Waals surface area (Å²) in [5, 5.41) is 12.5. The SMILES string of the molecule is CCc1nc2ccccc2c(=O)n1N1[C@H]([C@H](C)O)C1(C)C. The van der Waals surface area contributed by atoms with Gasteiger partial charge in [-0.25, -0.2) is 9.66 Å². The van der Waals surface area contributed by atoms with E-state index in [1.165, 1.54) is 0 Å². The van der Waals surface area contributed by atoms with E-state index in [0.717, 1.165) is 11.3 Å². The van der Waals surface area contributed by atoms with E-state index in [9.17, 15) is 9.90 Å². The van der Waals surface area contributed by atoms with E-state index in [-0.39, 0.29) is 17.1 Å². The van der Waals surface area contributed by atoms with Gasteiger partial charge in [0, 0.05) is 6.42 Å². The molecular weight excluding hydrogens is 266 g/mol. The van der Waals surface area contributed by atoms with Crippen LogP contribution >= 0.6 is 0 Å². The van der Waals surface area contributed by atoms with Crippen LogP contribution in [0.4, 0.5) is 0 Å². The largest absolute Gasteiger partial charge is 0.391 e. The third-order valence-electron chi connectivity index (χ3n) is 4.32. The van der Waals surface area contributed by atoms with Crippen LogP contribution in [0.1, 0.15) is 33.5 Å². The molecule has 5 nitrogen and oxygen atoms in total. The summed E-state index contributed by atoms with van der Waals surface area (Å²) in [5.41, 5.74) is 0.420. The van der Waals surface area contributed by atoms with Crippen molar-refractivity contribution in [1.82, 2.24) is 9.66 Å². The molecule has 1 aromatic carbocycles. The van der Waals surface area contributed by atoms with Gasteiger partial charge >= 0.3 is 0 Å². The zero-order valence-electron chi connectivity index (χ0n) is 12.9. The van der Waals surface area contributed by atoms with Crippen LogP contribution in [0.5, 0.6) is 0 Å². The number of benzene rings is 1. The standard InChI is InChI=1S/C16H21N3O2/c1-5-13-17-12-9-7-6-8-11(12)15(21)18(13)19-14(10(2)20)16(19,3)4/h6-10,14,20H,5H2,1-4H3/t10-,14+,19?/m0/s1. The molecule has 1 saturated heterocycles. The van der Waals surface area contributed by atoms with Gasteiger partial charge in [0.05, 0.1) is 28.6 Å². The van der Waals surface area contributed by atoms with Crippen molar-refractivity contribution in [3.05, 3.63) is 40.4 Å². The number of rotatable bonds is 3. The summed E-state index contributed by atoms with van der Waals surface area (Å²) in [5.74, 6) is 0.731. The van der Waals surface area contributed by atoms with Crippen LogP contribution in [0.25, 0.3) is 10.9 Å². The molecule has 3 rings (SSSR count). The van der Waals surface area contributed by atoms with Gasteiger partial charge in [-0.15, -0.1) is 0 Å². The highest BCUT2D eigenvalue weighted by atomic mass is 16.3. The summed E-state index contributed by atoms with van der Waals surface area (Å²) in [6.07, 6.45) is 0.169.